The quantitative estimate of drug-likeness (QED) is 0.240. The number of halogens is 1. The summed E-state index contributed by atoms with van der Waals surface area (Å²) >= 11 is 0. The lowest BCUT2D eigenvalue weighted by Crippen LogP contribution is -2.17. The van der Waals surface area contributed by atoms with Crippen molar-refractivity contribution in [2.75, 3.05) is 19.0 Å². The maximum Gasteiger partial charge on any atom is 0.171 e. The molecule has 0 saturated heterocycles. The van der Waals surface area contributed by atoms with Gasteiger partial charge in [-0.15, -0.1) is 0 Å². The lowest BCUT2D eigenvalue weighted by Gasteiger charge is -2.21. The first-order valence-electron chi connectivity index (χ1n) is 10.2. The van der Waals surface area contributed by atoms with Gasteiger partial charge in [-0.05, 0) is 49.4 Å². The first-order chi connectivity index (χ1) is 15.5. The van der Waals surface area contributed by atoms with Crippen LogP contribution in [0.15, 0.2) is 60.7 Å². The van der Waals surface area contributed by atoms with Gasteiger partial charge in [-0.25, -0.2) is 9.37 Å². The summed E-state index contributed by atoms with van der Waals surface area (Å²) in [5, 5.41) is 10.9. The molecule has 1 aromatic heterocycles. The van der Waals surface area contributed by atoms with E-state index in [0.717, 1.165) is 11.0 Å². The van der Waals surface area contributed by atoms with Gasteiger partial charge in [0.25, 0.3) is 0 Å². The van der Waals surface area contributed by atoms with Gasteiger partial charge in [-0.3, -0.25) is 5.41 Å². The Morgan fingerprint density at radius 1 is 1.19 bits per heavy atom. The van der Waals surface area contributed by atoms with Crippen molar-refractivity contribution in [1.82, 2.24) is 9.97 Å². The van der Waals surface area contributed by atoms with Crippen LogP contribution in [0.3, 0.4) is 0 Å². The summed E-state index contributed by atoms with van der Waals surface area (Å²) in [6.45, 7) is 2.30. The van der Waals surface area contributed by atoms with Crippen molar-refractivity contribution in [2.45, 2.75) is 13.0 Å². The van der Waals surface area contributed by atoms with Crippen molar-refractivity contribution < 1.29 is 13.9 Å². The number of anilines is 1. The first-order valence-corrected chi connectivity index (χ1v) is 10.2. The molecule has 1 unspecified atom stereocenters. The van der Waals surface area contributed by atoms with Crippen LogP contribution in [-0.2, 0) is 0 Å². The summed E-state index contributed by atoms with van der Waals surface area (Å²) in [6.07, 6.45) is 0. The molecule has 4 rings (SSSR count). The number of aromatic amines is 1. The molecule has 0 bridgehead atoms. The van der Waals surface area contributed by atoms with E-state index in [1.807, 2.05) is 31.2 Å². The summed E-state index contributed by atoms with van der Waals surface area (Å²) < 4.78 is 26.3. The third-order valence-electron chi connectivity index (χ3n) is 5.07. The van der Waals surface area contributed by atoms with Gasteiger partial charge in [-0.1, -0.05) is 12.1 Å². The van der Waals surface area contributed by atoms with Crippen LogP contribution in [0, 0.1) is 11.2 Å². The minimum atomic E-state index is -0.667. The van der Waals surface area contributed by atoms with Crippen molar-refractivity contribution in [3.63, 3.8) is 0 Å². The molecule has 32 heavy (non-hydrogen) atoms. The van der Waals surface area contributed by atoms with Crippen LogP contribution in [0.2, 0.25) is 0 Å². The van der Waals surface area contributed by atoms with E-state index in [0.29, 0.717) is 35.0 Å². The maximum atomic E-state index is 15.5. The molecule has 0 aliphatic rings. The van der Waals surface area contributed by atoms with E-state index in [4.69, 9.17) is 20.6 Å². The first kappa shape index (κ1) is 21.2. The molecule has 3 aromatic carbocycles. The van der Waals surface area contributed by atoms with E-state index < -0.39 is 11.9 Å². The summed E-state index contributed by atoms with van der Waals surface area (Å²) in [6, 6.07) is 17.2. The number of rotatable bonds is 8. The number of aromatic nitrogens is 2. The number of nitrogens with one attached hydrogen (secondary N) is 3. The lowest BCUT2D eigenvalue weighted by molar-refractivity contribution is 0.331. The zero-order valence-electron chi connectivity index (χ0n) is 17.8. The Kier molecular flexibility index (Phi) is 5.93. The second-order valence-electron chi connectivity index (χ2n) is 7.17. The Bertz CT molecular complexity index is 1220. The van der Waals surface area contributed by atoms with Gasteiger partial charge in [0, 0.05) is 22.9 Å². The molecule has 0 aliphatic carbocycles. The van der Waals surface area contributed by atoms with Crippen LogP contribution < -0.4 is 20.5 Å². The monoisotopic (exact) mass is 433 g/mol. The van der Waals surface area contributed by atoms with Gasteiger partial charge < -0.3 is 25.5 Å². The summed E-state index contributed by atoms with van der Waals surface area (Å²) in [5.41, 5.74) is 8.80. The summed E-state index contributed by atoms with van der Waals surface area (Å²) in [4.78, 5) is 7.97. The molecule has 0 radical (unpaired) electrons. The van der Waals surface area contributed by atoms with Gasteiger partial charge in [0.2, 0.25) is 0 Å². The highest BCUT2D eigenvalue weighted by atomic mass is 19.1. The zero-order chi connectivity index (χ0) is 22.7. The highest BCUT2D eigenvalue weighted by molar-refractivity contribution is 5.95. The summed E-state index contributed by atoms with van der Waals surface area (Å²) in [7, 11) is 1.42. The average molecular weight is 433 g/mol. The molecule has 0 saturated carbocycles. The molecule has 4 aromatic rings. The summed E-state index contributed by atoms with van der Waals surface area (Å²) in [5.74, 6) is 0.590. The van der Waals surface area contributed by atoms with Gasteiger partial charge in [0.15, 0.2) is 11.6 Å². The largest absolute Gasteiger partial charge is 0.494 e. The number of fused-ring (bicyclic) bond motifs is 1. The zero-order valence-corrected chi connectivity index (χ0v) is 17.8. The number of amidine groups is 1. The smallest absolute Gasteiger partial charge is 0.171 e. The van der Waals surface area contributed by atoms with Gasteiger partial charge >= 0.3 is 0 Å². The number of hydrogen-bond donors (Lipinski definition) is 4. The number of hydrogen-bond acceptors (Lipinski definition) is 5. The van der Waals surface area contributed by atoms with E-state index in [1.54, 1.807) is 30.3 Å². The molecular formula is C24H24FN5O2. The van der Waals surface area contributed by atoms with Gasteiger partial charge in [0.1, 0.15) is 23.5 Å². The number of H-pyrrole nitrogens is 1. The minimum absolute atomic E-state index is 0.0226. The predicted octanol–water partition coefficient (Wildman–Crippen LogP) is 4.59. The standard InChI is InChI=1S/C24H24FN5O2/c1-3-32-16-12-17(21(25)20(13-16)31-2)22(24-29-18-6-4-5-7-19(18)30-24)28-15-10-8-14(9-11-15)23(26)27/h4-13,22,28H,3H2,1-2H3,(H3,26,27)(H,29,30). The Balaban J connectivity index is 1.83. The van der Waals surface area contributed by atoms with Crippen molar-refractivity contribution in [3.05, 3.63) is 83.4 Å². The minimum Gasteiger partial charge on any atom is -0.494 e. The predicted molar refractivity (Wildman–Crippen MR) is 123 cm³/mol. The Morgan fingerprint density at radius 3 is 2.59 bits per heavy atom. The topological polar surface area (TPSA) is 109 Å². The van der Waals surface area contributed by atoms with Crippen LogP contribution in [0.4, 0.5) is 10.1 Å². The molecule has 0 amide bonds. The fourth-order valence-electron chi connectivity index (χ4n) is 3.52. The molecular weight excluding hydrogens is 409 g/mol. The number of nitrogen functional groups attached to an aromatic ring is 1. The number of benzene rings is 3. The number of imidazole rings is 1. The van der Waals surface area contributed by atoms with Crippen LogP contribution in [-0.4, -0.2) is 29.5 Å². The molecule has 5 N–H and O–H groups in total. The van der Waals surface area contributed by atoms with E-state index in [-0.39, 0.29) is 11.6 Å². The van der Waals surface area contributed by atoms with E-state index in [9.17, 15) is 0 Å². The molecule has 164 valence electrons. The molecule has 1 atom stereocenters. The number of nitrogens with zero attached hydrogens (tertiary/aromatic N) is 1. The third-order valence-corrected chi connectivity index (χ3v) is 5.07. The Labute approximate surface area is 184 Å². The van der Waals surface area contributed by atoms with Crippen molar-refractivity contribution in [2.24, 2.45) is 5.73 Å². The van der Waals surface area contributed by atoms with Gasteiger partial charge in [0.05, 0.1) is 24.8 Å². The van der Waals surface area contributed by atoms with Crippen molar-refractivity contribution >= 4 is 22.6 Å². The average Bonchev–Trinajstić information content (AvgIpc) is 3.23. The van der Waals surface area contributed by atoms with E-state index >= 15 is 4.39 Å². The van der Waals surface area contributed by atoms with Crippen LogP contribution in [0.5, 0.6) is 11.5 Å². The Hall–Kier alpha value is -4.07. The van der Waals surface area contributed by atoms with Crippen LogP contribution in [0.1, 0.15) is 29.9 Å². The Morgan fingerprint density at radius 2 is 1.94 bits per heavy atom. The van der Waals surface area contributed by atoms with Crippen molar-refractivity contribution in [3.8, 4) is 11.5 Å². The molecule has 8 heteroatoms. The van der Waals surface area contributed by atoms with Gasteiger partial charge in [-0.2, -0.15) is 0 Å². The molecule has 7 nitrogen and oxygen atoms in total. The number of methoxy groups -OCH3 is 1. The normalized spacial score (nSPS) is 11.8. The number of ether oxygens (including phenoxy) is 2. The number of nitrogens with two attached hydrogens (primary N) is 1. The fourth-order valence-corrected chi connectivity index (χ4v) is 3.52. The molecule has 0 aliphatic heterocycles. The highest BCUT2D eigenvalue weighted by Gasteiger charge is 2.25. The van der Waals surface area contributed by atoms with Crippen molar-refractivity contribution in [1.29, 1.82) is 5.41 Å². The van der Waals surface area contributed by atoms with E-state index in [2.05, 4.69) is 15.3 Å². The van der Waals surface area contributed by atoms with Crippen LogP contribution >= 0.6 is 0 Å². The number of para-hydroxylation sites is 2. The molecule has 1 heterocycles. The van der Waals surface area contributed by atoms with E-state index in [1.165, 1.54) is 13.2 Å². The second-order valence-corrected chi connectivity index (χ2v) is 7.17. The molecule has 0 fully saturated rings. The SMILES string of the molecule is CCOc1cc(OC)c(F)c(C(Nc2ccc(C(=N)N)cc2)c2nc3ccccc3[nH]2)c1. The van der Waals surface area contributed by atoms with Crippen LogP contribution in [0.25, 0.3) is 11.0 Å². The molecule has 0 spiro atoms. The third kappa shape index (κ3) is 4.20. The lowest BCUT2D eigenvalue weighted by atomic mass is 10.0. The highest BCUT2D eigenvalue weighted by Crippen LogP contribution is 2.35. The maximum absolute atomic E-state index is 15.5. The second kappa shape index (κ2) is 8.97. The fraction of sp³-hybridized carbons (Fsp3) is 0.167.